The smallest absolute Gasteiger partial charge is 0.270 e. The Labute approximate surface area is 119 Å². The van der Waals surface area contributed by atoms with Crippen molar-refractivity contribution in [2.24, 2.45) is 11.7 Å². The Morgan fingerprint density at radius 1 is 1.53 bits per heavy atom. The second-order valence-electron chi connectivity index (χ2n) is 4.79. The molecule has 1 amide bonds. The maximum Gasteiger partial charge on any atom is 0.270 e. The van der Waals surface area contributed by atoms with Crippen molar-refractivity contribution in [2.75, 3.05) is 13.1 Å². The molecule has 0 bridgehead atoms. The number of thiazole rings is 1. The van der Waals surface area contributed by atoms with E-state index >= 15 is 0 Å². The van der Waals surface area contributed by atoms with E-state index in [-0.39, 0.29) is 5.91 Å². The summed E-state index contributed by atoms with van der Waals surface area (Å²) in [6.07, 6.45) is 5.47. The number of nitrogens with one attached hydrogen (secondary N) is 1. The number of hydrogen-bond acceptors (Lipinski definition) is 4. The van der Waals surface area contributed by atoms with Gasteiger partial charge in [0.1, 0.15) is 5.69 Å². The normalized spacial score (nSPS) is 12.4. The van der Waals surface area contributed by atoms with Crippen molar-refractivity contribution < 1.29 is 4.79 Å². The fourth-order valence-corrected chi connectivity index (χ4v) is 2.72. The van der Waals surface area contributed by atoms with Gasteiger partial charge in [0.25, 0.3) is 5.91 Å². The highest BCUT2D eigenvalue weighted by Gasteiger charge is 2.12. The number of aromatic nitrogens is 1. The molecule has 4 nitrogen and oxygen atoms in total. The minimum atomic E-state index is -0.0607. The molecule has 1 unspecified atom stereocenters. The van der Waals surface area contributed by atoms with Gasteiger partial charge >= 0.3 is 0 Å². The van der Waals surface area contributed by atoms with E-state index in [1.165, 1.54) is 30.6 Å². The van der Waals surface area contributed by atoms with Crippen LogP contribution in [0, 0.1) is 5.92 Å². The fraction of sp³-hybridized carbons (Fsp3) is 0.714. The average Bonchev–Trinajstić information content (AvgIpc) is 2.88. The zero-order valence-corrected chi connectivity index (χ0v) is 12.8. The van der Waals surface area contributed by atoms with Crippen molar-refractivity contribution in [1.29, 1.82) is 0 Å². The topological polar surface area (TPSA) is 68.0 Å². The first kappa shape index (κ1) is 16.1. The Morgan fingerprint density at radius 3 is 2.95 bits per heavy atom. The lowest BCUT2D eigenvalue weighted by Gasteiger charge is -2.14. The Balaban J connectivity index is 2.40. The van der Waals surface area contributed by atoms with E-state index in [4.69, 9.17) is 5.73 Å². The van der Waals surface area contributed by atoms with Crippen LogP contribution in [0.5, 0.6) is 0 Å². The number of rotatable bonds is 9. The Bertz CT molecular complexity index is 379. The molecule has 5 heteroatoms. The molecule has 0 spiro atoms. The van der Waals surface area contributed by atoms with Gasteiger partial charge in [-0.25, -0.2) is 4.98 Å². The second kappa shape index (κ2) is 9.04. The van der Waals surface area contributed by atoms with Crippen LogP contribution in [0.15, 0.2) is 5.38 Å². The number of nitrogens with two attached hydrogens (primary N) is 1. The molecule has 3 N–H and O–H groups in total. The minimum absolute atomic E-state index is 0.0607. The summed E-state index contributed by atoms with van der Waals surface area (Å²) in [4.78, 5) is 16.3. The summed E-state index contributed by atoms with van der Waals surface area (Å²) in [5.41, 5.74) is 6.00. The Morgan fingerprint density at radius 2 is 2.32 bits per heavy atom. The van der Waals surface area contributed by atoms with E-state index in [0.29, 0.717) is 18.2 Å². The van der Waals surface area contributed by atoms with Crippen LogP contribution in [-0.4, -0.2) is 24.0 Å². The first-order valence-electron chi connectivity index (χ1n) is 7.13. The molecule has 1 rings (SSSR count). The molecule has 0 radical (unpaired) electrons. The van der Waals surface area contributed by atoms with Crippen LogP contribution in [-0.2, 0) is 6.42 Å². The molecular formula is C14H25N3OS. The van der Waals surface area contributed by atoms with Crippen molar-refractivity contribution in [2.45, 2.75) is 46.0 Å². The van der Waals surface area contributed by atoms with Gasteiger partial charge in [-0.2, -0.15) is 0 Å². The summed E-state index contributed by atoms with van der Waals surface area (Å²) in [5, 5.41) is 5.74. The maximum absolute atomic E-state index is 12.0. The Hall–Kier alpha value is -0.940. The zero-order chi connectivity index (χ0) is 14.1. The third-order valence-electron chi connectivity index (χ3n) is 3.24. The van der Waals surface area contributed by atoms with E-state index in [9.17, 15) is 4.79 Å². The van der Waals surface area contributed by atoms with E-state index in [0.717, 1.165) is 24.4 Å². The first-order valence-corrected chi connectivity index (χ1v) is 8.01. The van der Waals surface area contributed by atoms with Crippen LogP contribution < -0.4 is 11.1 Å². The van der Waals surface area contributed by atoms with Gasteiger partial charge in [0.05, 0.1) is 5.01 Å². The molecule has 1 heterocycles. The van der Waals surface area contributed by atoms with E-state index in [1.54, 1.807) is 0 Å². The summed E-state index contributed by atoms with van der Waals surface area (Å²) < 4.78 is 0. The lowest BCUT2D eigenvalue weighted by Crippen LogP contribution is -2.29. The molecule has 0 saturated carbocycles. The lowest BCUT2D eigenvalue weighted by molar-refractivity contribution is 0.0941. The van der Waals surface area contributed by atoms with Crippen LogP contribution >= 0.6 is 11.3 Å². The summed E-state index contributed by atoms with van der Waals surface area (Å²) >= 11 is 1.50. The van der Waals surface area contributed by atoms with Gasteiger partial charge in [-0.1, -0.05) is 33.1 Å². The van der Waals surface area contributed by atoms with E-state index < -0.39 is 0 Å². The van der Waals surface area contributed by atoms with Crippen LogP contribution in [0.1, 0.15) is 55.0 Å². The van der Waals surface area contributed by atoms with Gasteiger partial charge in [-0.05, 0) is 18.9 Å². The number of carbonyl (C=O) groups is 1. The van der Waals surface area contributed by atoms with Crippen molar-refractivity contribution in [3.05, 3.63) is 16.1 Å². The van der Waals surface area contributed by atoms with Crippen molar-refractivity contribution in [3.8, 4) is 0 Å². The zero-order valence-electron chi connectivity index (χ0n) is 11.9. The van der Waals surface area contributed by atoms with Gasteiger partial charge < -0.3 is 11.1 Å². The first-order chi connectivity index (χ1) is 9.21. The molecule has 0 aliphatic carbocycles. The summed E-state index contributed by atoms with van der Waals surface area (Å²) in [6.45, 7) is 5.69. The molecule has 0 saturated heterocycles. The third kappa shape index (κ3) is 5.70. The largest absolute Gasteiger partial charge is 0.350 e. The molecule has 0 aliphatic rings. The van der Waals surface area contributed by atoms with Crippen LogP contribution in [0.4, 0.5) is 0 Å². The number of hydrogen-bond donors (Lipinski definition) is 2. The molecule has 0 fully saturated rings. The fourth-order valence-electron chi connectivity index (χ4n) is 1.92. The van der Waals surface area contributed by atoms with Gasteiger partial charge in [-0.15, -0.1) is 11.3 Å². The molecule has 1 aromatic heterocycles. The van der Waals surface area contributed by atoms with Gasteiger partial charge in [0, 0.05) is 18.3 Å². The number of amides is 1. The molecule has 0 aromatic carbocycles. The molecule has 108 valence electrons. The number of nitrogens with zero attached hydrogens (tertiary/aromatic N) is 1. The Kier molecular flexibility index (Phi) is 7.67. The summed E-state index contributed by atoms with van der Waals surface area (Å²) in [7, 11) is 0. The second-order valence-corrected chi connectivity index (χ2v) is 5.73. The molecule has 1 atom stereocenters. The average molecular weight is 283 g/mol. The maximum atomic E-state index is 12.0. The van der Waals surface area contributed by atoms with Gasteiger partial charge in [0.15, 0.2) is 0 Å². The van der Waals surface area contributed by atoms with Crippen molar-refractivity contribution >= 4 is 17.2 Å². The summed E-state index contributed by atoms with van der Waals surface area (Å²) in [5.74, 6) is 0.514. The third-order valence-corrected chi connectivity index (χ3v) is 4.15. The van der Waals surface area contributed by atoms with Crippen LogP contribution in [0.3, 0.4) is 0 Å². The number of unbranched alkanes of at least 4 members (excludes halogenated alkanes) is 1. The van der Waals surface area contributed by atoms with Crippen molar-refractivity contribution in [1.82, 2.24) is 10.3 Å². The predicted molar refractivity (Wildman–Crippen MR) is 80.5 cm³/mol. The molecule has 1 aromatic rings. The van der Waals surface area contributed by atoms with Gasteiger partial charge in [0.2, 0.25) is 0 Å². The highest BCUT2D eigenvalue weighted by atomic mass is 32.1. The molecule has 19 heavy (non-hydrogen) atoms. The highest BCUT2D eigenvalue weighted by Crippen LogP contribution is 2.13. The number of carbonyl (C=O) groups excluding carboxylic acids is 1. The van der Waals surface area contributed by atoms with E-state index in [2.05, 4.69) is 24.1 Å². The van der Waals surface area contributed by atoms with Crippen LogP contribution in [0.2, 0.25) is 0 Å². The molecular weight excluding hydrogens is 258 g/mol. The monoisotopic (exact) mass is 283 g/mol. The minimum Gasteiger partial charge on any atom is -0.350 e. The lowest BCUT2D eigenvalue weighted by atomic mass is 9.99. The van der Waals surface area contributed by atoms with Gasteiger partial charge in [-0.3, -0.25) is 4.79 Å². The van der Waals surface area contributed by atoms with Crippen molar-refractivity contribution in [3.63, 3.8) is 0 Å². The SMILES string of the molecule is CCCCC(CC)CNC(=O)c1csc(CCN)n1. The quantitative estimate of drug-likeness (QED) is 0.732. The standard InChI is InChI=1S/C14H25N3OS/c1-3-5-6-11(4-2)9-16-14(18)12-10-19-13(17-12)7-8-15/h10-11H,3-9,15H2,1-2H3,(H,16,18). The molecule has 0 aliphatic heterocycles. The van der Waals surface area contributed by atoms with E-state index in [1.807, 2.05) is 5.38 Å². The predicted octanol–water partition coefficient (Wildman–Crippen LogP) is 2.59. The highest BCUT2D eigenvalue weighted by molar-refractivity contribution is 7.09. The summed E-state index contributed by atoms with van der Waals surface area (Å²) in [6, 6.07) is 0. The van der Waals surface area contributed by atoms with Crippen LogP contribution in [0.25, 0.3) is 0 Å².